The maximum Gasteiger partial charge on any atom is 0.229 e. The molecule has 5 nitrogen and oxygen atoms in total. The predicted molar refractivity (Wildman–Crippen MR) is 62.2 cm³/mol. The second kappa shape index (κ2) is 4.36. The molecule has 16 heavy (non-hydrogen) atoms. The Bertz CT molecular complexity index is 506. The number of aromatic nitrogens is 3. The third-order valence-corrected chi connectivity index (χ3v) is 2.81. The van der Waals surface area contributed by atoms with Gasteiger partial charge < -0.3 is 0 Å². The molecule has 0 saturated carbocycles. The van der Waals surface area contributed by atoms with E-state index in [1.54, 1.807) is 23.7 Å². The molecule has 0 aliphatic rings. The Morgan fingerprint density at radius 1 is 1.38 bits per heavy atom. The van der Waals surface area contributed by atoms with E-state index in [4.69, 9.17) is 0 Å². The van der Waals surface area contributed by atoms with Crippen LogP contribution in [0.25, 0.3) is 10.6 Å². The first-order chi connectivity index (χ1) is 7.65. The van der Waals surface area contributed by atoms with Crippen LogP contribution in [0.5, 0.6) is 0 Å². The standard InChI is InChI=1S/C10H10N4OS/c1-6-5-16-9(13-6)8-3-11-10(12-4-8)14-7(2)15/h3-5H,1-2H3,(H,11,12,14,15). The van der Waals surface area contributed by atoms with Crippen LogP contribution >= 0.6 is 11.3 Å². The molecule has 0 fully saturated rings. The molecule has 0 aliphatic heterocycles. The van der Waals surface area contributed by atoms with E-state index in [-0.39, 0.29) is 5.91 Å². The zero-order valence-corrected chi connectivity index (χ0v) is 9.71. The summed E-state index contributed by atoms with van der Waals surface area (Å²) in [6, 6.07) is 0. The minimum Gasteiger partial charge on any atom is -0.295 e. The summed E-state index contributed by atoms with van der Waals surface area (Å²) in [7, 11) is 0. The molecular weight excluding hydrogens is 224 g/mol. The highest BCUT2D eigenvalue weighted by Crippen LogP contribution is 2.22. The van der Waals surface area contributed by atoms with E-state index in [0.29, 0.717) is 5.95 Å². The number of hydrogen-bond acceptors (Lipinski definition) is 5. The van der Waals surface area contributed by atoms with E-state index in [1.807, 2.05) is 12.3 Å². The van der Waals surface area contributed by atoms with Gasteiger partial charge in [-0.15, -0.1) is 11.3 Å². The monoisotopic (exact) mass is 234 g/mol. The Morgan fingerprint density at radius 3 is 2.56 bits per heavy atom. The van der Waals surface area contributed by atoms with Crippen molar-refractivity contribution in [2.75, 3.05) is 5.32 Å². The molecule has 0 bridgehead atoms. The number of anilines is 1. The summed E-state index contributed by atoms with van der Waals surface area (Å²) in [5.74, 6) is 0.127. The van der Waals surface area contributed by atoms with Crippen molar-refractivity contribution < 1.29 is 4.79 Å². The molecule has 2 aromatic heterocycles. The van der Waals surface area contributed by atoms with Gasteiger partial charge in [0.2, 0.25) is 11.9 Å². The van der Waals surface area contributed by atoms with Crippen LogP contribution in [0.15, 0.2) is 17.8 Å². The maximum atomic E-state index is 10.8. The molecule has 0 saturated heterocycles. The van der Waals surface area contributed by atoms with Gasteiger partial charge in [0.25, 0.3) is 0 Å². The fourth-order valence-electron chi connectivity index (χ4n) is 1.15. The number of carbonyl (C=O) groups is 1. The van der Waals surface area contributed by atoms with Crippen molar-refractivity contribution in [1.29, 1.82) is 0 Å². The van der Waals surface area contributed by atoms with Crippen LogP contribution in [0.4, 0.5) is 5.95 Å². The molecule has 0 radical (unpaired) electrons. The summed E-state index contributed by atoms with van der Waals surface area (Å²) in [5, 5.41) is 5.36. The second-order valence-electron chi connectivity index (χ2n) is 3.27. The van der Waals surface area contributed by atoms with Gasteiger partial charge in [-0.25, -0.2) is 15.0 Å². The third kappa shape index (κ3) is 2.40. The van der Waals surface area contributed by atoms with Gasteiger partial charge in [-0.05, 0) is 6.92 Å². The summed E-state index contributed by atoms with van der Waals surface area (Å²) in [6.45, 7) is 3.36. The van der Waals surface area contributed by atoms with E-state index in [1.165, 1.54) is 6.92 Å². The van der Waals surface area contributed by atoms with Gasteiger partial charge in [-0.2, -0.15) is 0 Å². The van der Waals surface area contributed by atoms with Crippen molar-refractivity contribution in [1.82, 2.24) is 15.0 Å². The number of amides is 1. The van der Waals surface area contributed by atoms with Crippen LogP contribution < -0.4 is 5.32 Å². The Hall–Kier alpha value is -1.82. The number of carbonyl (C=O) groups excluding carboxylic acids is 1. The third-order valence-electron chi connectivity index (χ3n) is 1.81. The summed E-state index contributed by atoms with van der Waals surface area (Å²) >= 11 is 1.54. The number of rotatable bonds is 2. The fraction of sp³-hybridized carbons (Fsp3) is 0.200. The van der Waals surface area contributed by atoms with Gasteiger partial charge in [-0.3, -0.25) is 10.1 Å². The molecular formula is C10H10N4OS. The molecule has 2 aromatic rings. The highest BCUT2D eigenvalue weighted by molar-refractivity contribution is 7.13. The molecule has 0 aliphatic carbocycles. The molecule has 0 unspecified atom stereocenters. The zero-order valence-electron chi connectivity index (χ0n) is 8.89. The molecule has 2 heterocycles. The quantitative estimate of drug-likeness (QED) is 0.861. The van der Waals surface area contributed by atoms with Gasteiger partial charge >= 0.3 is 0 Å². The van der Waals surface area contributed by atoms with E-state index in [9.17, 15) is 4.79 Å². The molecule has 0 spiro atoms. The molecule has 6 heteroatoms. The Labute approximate surface area is 96.6 Å². The van der Waals surface area contributed by atoms with Gasteiger partial charge in [0.1, 0.15) is 5.01 Å². The van der Waals surface area contributed by atoms with Crippen molar-refractivity contribution in [3.8, 4) is 10.6 Å². The number of nitrogens with one attached hydrogen (secondary N) is 1. The SMILES string of the molecule is CC(=O)Nc1ncc(-c2nc(C)cs2)cn1. The van der Waals surface area contributed by atoms with Crippen molar-refractivity contribution in [3.05, 3.63) is 23.5 Å². The average Bonchev–Trinajstić information content (AvgIpc) is 2.65. The number of aryl methyl sites for hydroxylation is 1. The maximum absolute atomic E-state index is 10.8. The van der Waals surface area contributed by atoms with Crippen molar-refractivity contribution >= 4 is 23.2 Å². The summed E-state index contributed by atoms with van der Waals surface area (Å²) < 4.78 is 0. The fourth-order valence-corrected chi connectivity index (χ4v) is 1.92. The molecule has 82 valence electrons. The van der Waals surface area contributed by atoms with Crippen molar-refractivity contribution in [2.24, 2.45) is 0 Å². The highest BCUT2D eigenvalue weighted by Gasteiger charge is 2.04. The first-order valence-electron chi connectivity index (χ1n) is 4.67. The van der Waals surface area contributed by atoms with E-state index in [2.05, 4.69) is 20.3 Å². The first-order valence-corrected chi connectivity index (χ1v) is 5.55. The van der Waals surface area contributed by atoms with Crippen LogP contribution in [0, 0.1) is 6.92 Å². The lowest BCUT2D eigenvalue weighted by Gasteiger charge is -1.99. The van der Waals surface area contributed by atoms with Gasteiger partial charge in [0.05, 0.1) is 0 Å². The van der Waals surface area contributed by atoms with Gasteiger partial charge in [0.15, 0.2) is 0 Å². The topological polar surface area (TPSA) is 67.8 Å². The minimum atomic E-state index is -0.183. The van der Waals surface area contributed by atoms with Crippen LogP contribution in [0.1, 0.15) is 12.6 Å². The van der Waals surface area contributed by atoms with Crippen LogP contribution in [-0.4, -0.2) is 20.9 Å². The van der Waals surface area contributed by atoms with Crippen LogP contribution in [0.3, 0.4) is 0 Å². The summed E-state index contributed by atoms with van der Waals surface area (Å²) in [5.41, 5.74) is 1.83. The lowest BCUT2D eigenvalue weighted by Crippen LogP contribution is -2.08. The Balaban J connectivity index is 2.22. The normalized spacial score (nSPS) is 10.1. The van der Waals surface area contributed by atoms with Gasteiger partial charge in [-0.1, -0.05) is 0 Å². The minimum absolute atomic E-state index is 0.183. The predicted octanol–water partition coefficient (Wildman–Crippen LogP) is 1.87. The molecule has 0 atom stereocenters. The smallest absolute Gasteiger partial charge is 0.229 e. The lowest BCUT2D eigenvalue weighted by molar-refractivity contribution is -0.114. The highest BCUT2D eigenvalue weighted by atomic mass is 32.1. The van der Waals surface area contributed by atoms with Crippen LogP contribution in [0.2, 0.25) is 0 Å². The lowest BCUT2D eigenvalue weighted by atomic mass is 10.3. The van der Waals surface area contributed by atoms with Crippen LogP contribution in [-0.2, 0) is 4.79 Å². The zero-order chi connectivity index (χ0) is 11.5. The van der Waals surface area contributed by atoms with Gasteiger partial charge in [0, 0.05) is 36.0 Å². The average molecular weight is 234 g/mol. The van der Waals surface area contributed by atoms with E-state index >= 15 is 0 Å². The number of nitrogens with zero attached hydrogens (tertiary/aromatic N) is 3. The second-order valence-corrected chi connectivity index (χ2v) is 4.13. The summed E-state index contributed by atoms with van der Waals surface area (Å²) in [6.07, 6.45) is 3.30. The molecule has 0 aromatic carbocycles. The summed E-state index contributed by atoms with van der Waals surface area (Å²) in [4.78, 5) is 23.1. The number of thiazole rings is 1. The Kier molecular flexibility index (Phi) is 2.91. The largest absolute Gasteiger partial charge is 0.295 e. The first kappa shape index (κ1) is 10.7. The number of hydrogen-bond donors (Lipinski definition) is 1. The Morgan fingerprint density at radius 2 is 2.06 bits per heavy atom. The van der Waals surface area contributed by atoms with Crippen molar-refractivity contribution in [2.45, 2.75) is 13.8 Å². The molecule has 1 N–H and O–H groups in total. The van der Waals surface area contributed by atoms with E-state index < -0.39 is 0 Å². The van der Waals surface area contributed by atoms with E-state index in [0.717, 1.165) is 16.3 Å². The molecule has 2 rings (SSSR count). The molecule has 1 amide bonds. The van der Waals surface area contributed by atoms with Crippen molar-refractivity contribution in [3.63, 3.8) is 0 Å².